The van der Waals surface area contributed by atoms with E-state index >= 15 is 0 Å². The number of hydrogen-bond acceptors (Lipinski definition) is 6. The molecule has 0 bridgehead atoms. The predicted octanol–water partition coefficient (Wildman–Crippen LogP) is 5.85. The lowest BCUT2D eigenvalue weighted by Crippen LogP contribution is -2.38. The number of halogens is 2. The zero-order chi connectivity index (χ0) is 28.4. The van der Waals surface area contributed by atoms with Gasteiger partial charge in [-0.1, -0.05) is 38.1 Å². The molecule has 0 radical (unpaired) electrons. The molecule has 2 aromatic carbocycles. The van der Waals surface area contributed by atoms with Crippen LogP contribution in [0.2, 0.25) is 0 Å². The van der Waals surface area contributed by atoms with Crippen LogP contribution >= 0.6 is 0 Å². The zero-order valence-corrected chi connectivity index (χ0v) is 22.1. The quantitative estimate of drug-likeness (QED) is 0.232. The SMILES string of the molecule is CC(C)C=C(C#N)C(=O)N1CCC[C@@H]1Cn1cc(-c2ccc(Oc3cccc(F)c3F)cc2)c2c(N)ncnc21. The summed E-state index contributed by atoms with van der Waals surface area (Å²) in [5, 5.41) is 10.2. The Morgan fingerprint density at radius 3 is 2.73 bits per heavy atom. The van der Waals surface area contributed by atoms with Crippen molar-refractivity contribution in [2.24, 2.45) is 5.92 Å². The molecule has 2 N–H and O–H groups in total. The first-order chi connectivity index (χ1) is 19.3. The number of aromatic nitrogens is 3. The van der Waals surface area contributed by atoms with Crippen LogP contribution < -0.4 is 10.5 Å². The summed E-state index contributed by atoms with van der Waals surface area (Å²) in [5.41, 5.74) is 8.65. The highest BCUT2D eigenvalue weighted by atomic mass is 19.2. The highest BCUT2D eigenvalue weighted by molar-refractivity contribution is 6.01. The molecule has 0 aliphatic carbocycles. The summed E-state index contributed by atoms with van der Waals surface area (Å²) in [6.07, 6.45) is 6.66. The van der Waals surface area contributed by atoms with E-state index in [0.29, 0.717) is 35.7 Å². The molecule has 204 valence electrons. The minimum Gasteiger partial charge on any atom is -0.454 e. The van der Waals surface area contributed by atoms with Crippen molar-refractivity contribution in [3.05, 3.63) is 78.3 Å². The van der Waals surface area contributed by atoms with Crippen molar-refractivity contribution in [3.8, 4) is 28.7 Å². The molecule has 1 aliphatic heterocycles. The van der Waals surface area contributed by atoms with E-state index in [4.69, 9.17) is 10.5 Å². The lowest BCUT2D eigenvalue weighted by atomic mass is 10.1. The molecule has 2 aromatic heterocycles. The van der Waals surface area contributed by atoms with Gasteiger partial charge >= 0.3 is 0 Å². The van der Waals surface area contributed by atoms with Gasteiger partial charge in [0.05, 0.1) is 11.4 Å². The summed E-state index contributed by atoms with van der Waals surface area (Å²) in [5.74, 6) is -1.77. The summed E-state index contributed by atoms with van der Waals surface area (Å²) in [7, 11) is 0. The number of carbonyl (C=O) groups is 1. The van der Waals surface area contributed by atoms with Gasteiger partial charge in [-0.3, -0.25) is 4.79 Å². The summed E-state index contributed by atoms with van der Waals surface area (Å²) < 4.78 is 35.1. The minimum atomic E-state index is -1.06. The lowest BCUT2D eigenvalue weighted by molar-refractivity contribution is -0.127. The first kappa shape index (κ1) is 26.8. The molecule has 40 heavy (non-hydrogen) atoms. The second-order valence-electron chi connectivity index (χ2n) is 10.1. The van der Waals surface area contributed by atoms with Crippen LogP contribution in [0.15, 0.2) is 66.6 Å². The molecule has 0 spiro atoms. The molecule has 3 heterocycles. The first-order valence-electron chi connectivity index (χ1n) is 13.0. The normalized spacial score (nSPS) is 15.6. The van der Waals surface area contributed by atoms with E-state index in [-0.39, 0.29) is 29.2 Å². The molecular weight excluding hydrogens is 514 g/mol. The van der Waals surface area contributed by atoms with Crippen molar-refractivity contribution >= 4 is 22.8 Å². The molecule has 4 aromatic rings. The zero-order valence-electron chi connectivity index (χ0n) is 22.1. The molecular formula is C30H28F2N6O2. The number of likely N-dealkylation sites (tertiary alicyclic amines) is 1. The van der Waals surface area contributed by atoms with Crippen LogP contribution in [0.3, 0.4) is 0 Å². The van der Waals surface area contributed by atoms with Gasteiger partial charge in [0.1, 0.15) is 35.2 Å². The van der Waals surface area contributed by atoms with Crippen molar-refractivity contribution in [2.75, 3.05) is 12.3 Å². The van der Waals surface area contributed by atoms with Crippen molar-refractivity contribution in [1.82, 2.24) is 19.4 Å². The van der Waals surface area contributed by atoms with Crippen molar-refractivity contribution < 1.29 is 18.3 Å². The Morgan fingerprint density at radius 2 is 2.00 bits per heavy atom. The van der Waals surface area contributed by atoms with Crippen LogP contribution in [-0.2, 0) is 11.3 Å². The minimum absolute atomic E-state index is 0.0833. The number of anilines is 1. The molecule has 10 heteroatoms. The van der Waals surface area contributed by atoms with Crippen molar-refractivity contribution in [3.63, 3.8) is 0 Å². The summed E-state index contributed by atoms with van der Waals surface area (Å²) in [4.78, 5) is 23.6. The fraction of sp³-hybridized carbons (Fsp3) is 0.267. The number of hydrogen-bond donors (Lipinski definition) is 1. The molecule has 5 rings (SSSR count). The van der Waals surface area contributed by atoms with Gasteiger partial charge in [-0.2, -0.15) is 9.65 Å². The molecule has 0 unspecified atom stereocenters. The maximum Gasteiger partial charge on any atom is 0.264 e. The largest absolute Gasteiger partial charge is 0.454 e. The smallest absolute Gasteiger partial charge is 0.264 e. The second kappa shape index (κ2) is 11.1. The van der Waals surface area contributed by atoms with Crippen molar-refractivity contribution in [1.29, 1.82) is 5.26 Å². The molecule has 0 saturated carbocycles. The molecule has 1 fully saturated rings. The van der Waals surface area contributed by atoms with E-state index < -0.39 is 11.6 Å². The Kier molecular flexibility index (Phi) is 7.47. The van der Waals surface area contributed by atoms with Crippen LogP contribution in [0.1, 0.15) is 26.7 Å². The number of rotatable bonds is 7. The number of allylic oxidation sites excluding steroid dienone is 1. The van der Waals surface area contributed by atoms with Crippen LogP contribution in [0.4, 0.5) is 14.6 Å². The van der Waals surface area contributed by atoms with Gasteiger partial charge in [0.15, 0.2) is 11.6 Å². The fourth-order valence-corrected chi connectivity index (χ4v) is 5.06. The second-order valence-corrected chi connectivity index (χ2v) is 10.1. The third-order valence-corrected chi connectivity index (χ3v) is 6.89. The van der Waals surface area contributed by atoms with Crippen LogP contribution in [0.25, 0.3) is 22.2 Å². The third kappa shape index (κ3) is 5.23. The predicted molar refractivity (Wildman–Crippen MR) is 147 cm³/mol. The number of nitrogens with zero attached hydrogens (tertiary/aromatic N) is 5. The standard InChI is InChI=1S/C30H28F2N6O2/c1-18(2)13-20(14-33)30(39)38-12-4-5-21(38)15-37-16-23(26-28(34)35-17-36-29(26)37)19-8-10-22(11-9-19)40-25-7-3-6-24(31)27(25)32/h3,6-11,13,16-18,21H,4-5,12,15H2,1-2H3,(H2,34,35,36)/t21-/m1/s1. The number of carbonyl (C=O) groups excluding carboxylic acids is 1. The molecule has 1 amide bonds. The summed E-state index contributed by atoms with van der Waals surface area (Å²) in [6.45, 7) is 4.92. The monoisotopic (exact) mass is 542 g/mol. The highest BCUT2D eigenvalue weighted by Gasteiger charge is 2.31. The van der Waals surface area contributed by atoms with Gasteiger partial charge in [-0.15, -0.1) is 0 Å². The van der Waals surface area contributed by atoms with E-state index in [1.54, 1.807) is 35.2 Å². The van der Waals surface area contributed by atoms with Gasteiger partial charge in [-0.05, 0) is 48.6 Å². The maximum absolute atomic E-state index is 14.0. The Hall–Kier alpha value is -4.78. The molecule has 1 aliphatic rings. The maximum atomic E-state index is 14.0. The van der Waals surface area contributed by atoms with Gasteiger partial charge in [0, 0.05) is 24.8 Å². The molecule has 8 nitrogen and oxygen atoms in total. The Morgan fingerprint density at radius 1 is 1.23 bits per heavy atom. The number of amides is 1. The van der Waals surface area contributed by atoms with Gasteiger partial charge in [0.25, 0.3) is 5.91 Å². The van der Waals surface area contributed by atoms with Gasteiger partial charge in [0.2, 0.25) is 5.82 Å². The fourth-order valence-electron chi connectivity index (χ4n) is 5.06. The third-order valence-electron chi connectivity index (χ3n) is 6.89. The summed E-state index contributed by atoms with van der Waals surface area (Å²) >= 11 is 0. The number of benzene rings is 2. The lowest BCUT2D eigenvalue weighted by Gasteiger charge is -2.25. The Labute approximate surface area is 230 Å². The van der Waals surface area contributed by atoms with Crippen LogP contribution in [-0.4, -0.2) is 37.9 Å². The Balaban J connectivity index is 1.44. The molecule has 1 atom stereocenters. The van der Waals surface area contributed by atoms with E-state index in [9.17, 15) is 18.8 Å². The van der Waals surface area contributed by atoms with Crippen molar-refractivity contribution in [2.45, 2.75) is 39.3 Å². The average molecular weight is 543 g/mol. The van der Waals surface area contributed by atoms with Crippen LogP contribution in [0.5, 0.6) is 11.5 Å². The van der Waals surface area contributed by atoms with Gasteiger partial charge in [-0.25, -0.2) is 14.4 Å². The van der Waals surface area contributed by atoms with Gasteiger partial charge < -0.3 is 19.9 Å². The van der Waals surface area contributed by atoms with E-state index in [1.807, 2.05) is 24.6 Å². The molecule has 1 saturated heterocycles. The topological polar surface area (TPSA) is 110 Å². The van der Waals surface area contributed by atoms with E-state index in [0.717, 1.165) is 30.0 Å². The number of nitrogen functional groups attached to an aromatic ring is 1. The van der Waals surface area contributed by atoms with Crippen LogP contribution in [0, 0.1) is 28.9 Å². The average Bonchev–Trinajstić information content (AvgIpc) is 3.56. The summed E-state index contributed by atoms with van der Waals surface area (Å²) in [6, 6.07) is 12.6. The number of nitrogens with two attached hydrogens (primary N) is 1. The number of nitriles is 1. The number of fused-ring (bicyclic) bond motifs is 1. The van der Waals surface area contributed by atoms with E-state index in [2.05, 4.69) is 16.0 Å². The van der Waals surface area contributed by atoms with E-state index in [1.165, 1.54) is 18.5 Å². The highest BCUT2D eigenvalue weighted by Crippen LogP contribution is 2.35. The number of ether oxygens (including phenoxy) is 1. The first-order valence-corrected chi connectivity index (χ1v) is 13.0. The Bertz CT molecular complexity index is 1640.